The highest BCUT2D eigenvalue weighted by Gasteiger charge is 2.54. The predicted octanol–water partition coefficient (Wildman–Crippen LogP) is 1.35. The Morgan fingerprint density at radius 2 is 2.00 bits per heavy atom. The molecule has 4 aliphatic heterocycles. The van der Waals surface area contributed by atoms with Gasteiger partial charge in [0.2, 0.25) is 0 Å². The van der Waals surface area contributed by atoms with Gasteiger partial charge in [-0.1, -0.05) is 6.92 Å². The van der Waals surface area contributed by atoms with E-state index in [1.54, 1.807) is 0 Å². The maximum Gasteiger partial charge on any atom is 0.324 e. The number of carbonyl (C=O) groups is 1. The smallest absolute Gasteiger partial charge is 0.324 e. The summed E-state index contributed by atoms with van der Waals surface area (Å²) in [6.07, 6.45) is 3.77. The standard InChI is InChI=1S/C15H26N2O2/c1-3-7-17-10-12-11-5-8-16(9-6-11)13(12)14(17)15(18)19-4-2/h11-14H,3-10H2,1-2H3. The molecule has 2 bridgehead atoms. The van der Waals surface area contributed by atoms with E-state index in [4.69, 9.17) is 4.74 Å². The van der Waals surface area contributed by atoms with Crippen LogP contribution in [0.5, 0.6) is 0 Å². The molecule has 19 heavy (non-hydrogen) atoms. The summed E-state index contributed by atoms with van der Waals surface area (Å²) in [5.74, 6) is 1.55. The van der Waals surface area contributed by atoms with Crippen molar-refractivity contribution in [2.75, 3.05) is 32.8 Å². The van der Waals surface area contributed by atoms with Crippen molar-refractivity contribution >= 4 is 5.97 Å². The topological polar surface area (TPSA) is 32.8 Å². The zero-order valence-electron chi connectivity index (χ0n) is 12.2. The third kappa shape index (κ3) is 2.19. The molecule has 4 aliphatic rings. The Labute approximate surface area is 116 Å². The molecule has 0 aromatic heterocycles. The molecule has 0 aliphatic carbocycles. The predicted molar refractivity (Wildman–Crippen MR) is 73.9 cm³/mol. The van der Waals surface area contributed by atoms with E-state index in [0.29, 0.717) is 18.6 Å². The second-order valence-corrected chi connectivity index (χ2v) is 6.22. The summed E-state index contributed by atoms with van der Waals surface area (Å²) < 4.78 is 5.35. The van der Waals surface area contributed by atoms with Crippen molar-refractivity contribution in [3.8, 4) is 0 Å². The summed E-state index contributed by atoms with van der Waals surface area (Å²) in [4.78, 5) is 17.3. The van der Waals surface area contributed by atoms with Crippen LogP contribution in [0.2, 0.25) is 0 Å². The van der Waals surface area contributed by atoms with Gasteiger partial charge in [0.1, 0.15) is 6.04 Å². The van der Waals surface area contributed by atoms with E-state index in [2.05, 4.69) is 16.7 Å². The zero-order valence-corrected chi connectivity index (χ0v) is 12.2. The third-order valence-electron chi connectivity index (χ3n) is 5.24. The monoisotopic (exact) mass is 266 g/mol. The number of fused-ring (bicyclic) bond motifs is 2. The summed E-state index contributed by atoms with van der Waals surface area (Å²) >= 11 is 0. The van der Waals surface area contributed by atoms with Crippen LogP contribution in [-0.2, 0) is 9.53 Å². The molecule has 4 heterocycles. The molecule has 4 fully saturated rings. The van der Waals surface area contributed by atoms with Crippen LogP contribution in [0, 0.1) is 11.8 Å². The number of rotatable bonds is 4. The average Bonchev–Trinajstić information content (AvgIpc) is 2.81. The Morgan fingerprint density at radius 1 is 1.26 bits per heavy atom. The van der Waals surface area contributed by atoms with Gasteiger partial charge >= 0.3 is 5.97 Å². The molecule has 0 N–H and O–H groups in total. The number of ether oxygens (including phenoxy) is 1. The van der Waals surface area contributed by atoms with Gasteiger partial charge in [-0.05, 0) is 57.7 Å². The second kappa shape index (κ2) is 5.41. The van der Waals surface area contributed by atoms with Crippen LogP contribution in [0.4, 0.5) is 0 Å². The normalized spacial score (nSPS) is 41.3. The average molecular weight is 266 g/mol. The first kappa shape index (κ1) is 13.4. The van der Waals surface area contributed by atoms with Gasteiger partial charge in [0, 0.05) is 12.6 Å². The summed E-state index contributed by atoms with van der Waals surface area (Å²) in [6, 6.07) is 0.422. The molecule has 0 radical (unpaired) electrons. The fraction of sp³-hybridized carbons (Fsp3) is 0.933. The molecule has 4 heteroatoms. The largest absolute Gasteiger partial charge is 0.465 e. The maximum absolute atomic E-state index is 12.4. The van der Waals surface area contributed by atoms with Crippen LogP contribution in [0.1, 0.15) is 33.1 Å². The first-order chi connectivity index (χ1) is 9.26. The molecule has 0 aromatic carbocycles. The van der Waals surface area contributed by atoms with Crippen molar-refractivity contribution < 1.29 is 9.53 Å². The van der Waals surface area contributed by atoms with Gasteiger partial charge in [0.15, 0.2) is 0 Å². The lowest BCUT2D eigenvalue weighted by atomic mass is 9.74. The van der Waals surface area contributed by atoms with Crippen molar-refractivity contribution in [3.05, 3.63) is 0 Å². The lowest BCUT2D eigenvalue weighted by molar-refractivity contribution is -0.151. The minimum Gasteiger partial charge on any atom is -0.465 e. The second-order valence-electron chi connectivity index (χ2n) is 6.22. The highest BCUT2D eigenvalue weighted by Crippen LogP contribution is 2.44. The van der Waals surface area contributed by atoms with Gasteiger partial charge in [0.05, 0.1) is 6.61 Å². The molecule has 3 unspecified atom stereocenters. The Balaban J connectivity index is 1.82. The van der Waals surface area contributed by atoms with Crippen molar-refractivity contribution in [2.45, 2.75) is 45.2 Å². The molecule has 3 atom stereocenters. The van der Waals surface area contributed by atoms with E-state index < -0.39 is 0 Å². The van der Waals surface area contributed by atoms with Crippen LogP contribution < -0.4 is 0 Å². The molecular formula is C15H26N2O2. The number of esters is 1. The van der Waals surface area contributed by atoms with Crippen molar-refractivity contribution in [3.63, 3.8) is 0 Å². The van der Waals surface area contributed by atoms with Crippen LogP contribution in [-0.4, -0.2) is 60.6 Å². The number of piperidine rings is 3. The first-order valence-electron chi connectivity index (χ1n) is 7.91. The molecule has 0 aromatic rings. The zero-order chi connectivity index (χ0) is 13.4. The summed E-state index contributed by atoms with van der Waals surface area (Å²) in [5.41, 5.74) is 0. The highest BCUT2D eigenvalue weighted by molar-refractivity contribution is 5.77. The van der Waals surface area contributed by atoms with Crippen LogP contribution >= 0.6 is 0 Å². The summed E-state index contributed by atoms with van der Waals surface area (Å²) in [6.45, 7) is 9.08. The number of likely N-dealkylation sites (tertiary alicyclic amines) is 1. The van der Waals surface area contributed by atoms with E-state index in [0.717, 1.165) is 25.4 Å². The number of hydrogen-bond donors (Lipinski definition) is 0. The Hall–Kier alpha value is -0.610. The fourth-order valence-corrected chi connectivity index (χ4v) is 4.52. The van der Waals surface area contributed by atoms with Gasteiger partial charge in [-0.25, -0.2) is 0 Å². The molecule has 4 saturated heterocycles. The molecule has 0 amide bonds. The first-order valence-corrected chi connectivity index (χ1v) is 7.91. The summed E-state index contributed by atoms with van der Waals surface area (Å²) in [7, 11) is 0. The minimum atomic E-state index is -0.00648. The fourth-order valence-electron chi connectivity index (χ4n) is 4.52. The molecular weight excluding hydrogens is 240 g/mol. The number of carbonyl (C=O) groups excluding carboxylic acids is 1. The van der Waals surface area contributed by atoms with Crippen LogP contribution in [0.15, 0.2) is 0 Å². The van der Waals surface area contributed by atoms with Crippen molar-refractivity contribution in [1.29, 1.82) is 0 Å². The van der Waals surface area contributed by atoms with E-state index in [-0.39, 0.29) is 12.0 Å². The lowest BCUT2D eigenvalue weighted by Gasteiger charge is -2.49. The van der Waals surface area contributed by atoms with Crippen molar-refractivity contribution in [2.24, 2.45) is 11.8 Å². The number of hydrogen-bond acceptors (Lipinski definition) is 4. The van der Waals surface area contributed by atoms with Gasteiger partial charge in [-0.3, -0.25) is 14.6 Å². The maximum atomic E-state index is 12.4. The van der Waals surface area contributed by atoms with Gasteiger partial charge in [-0.2, -0.15) is 0 Å². The minimum absolute atomic E-state index is 0.00648. The Morgan fingerprint density at radius 3 is 2.63 bits per heavy atom. The van der Waals surface area contributed by atoms with Gasteiger partial charge in [-0.15, -0.1) is 0 Å². The molecule has 0 spiro atoms. The van der Waals surface area contributed by atoms with Gasteiger partial charge in [0.25, 0.3) is 0 Å². The van der Waals surface area contributed by atoms with E-state index >= 15 is 0 Å². The van der Waals surface area contributed by atoms with E-state index in [9.17, 15) is 4.79 Å². The number of nitrogens with zero attached hydrogens (tertiary/aromatic N) is 2. The van der Waals surface area contributed by atoms with E-state index in [1.807, 2.05) is 6.92 Å². The Bertz CT molecular complexity index is 339. The Kier molecular flexibility index (Phi) is 3.81. The van der Waals surface area contributed by atoms with Crippen LogP contribution in [0.25, 0.3) is 0 Å². The molecule has 4 rings (SSSR count). The lowest BCUT2D eigenvalue weighted by Crippen LogP contribution is -2.59. The molecule has 108 valence electrons. The van der Waals surface area contributed by atoms with E-state index in [1.165, 1.54) is 25.9 Å². The molecule has 4 nitrogen and oxygen atoms in total. The highest BCUT2D eigenvalue weighted by atomic mass is 16.5. The summed E-state index contributed by atoms with van der Waals surface area (Å²) in [5, 5.41) is 0. The third-order valence-corrected chi connectivity index (χ3v) is 5.24. The SMILES string of the molecule is CCCN1CC2C3CCN(CC3)C2C1C(=O)OCC. The van der Waals surface area contributed by atoms with Crippen LogP contribution in [0.3, 0.4) is 0 Å². The molecule has 0 saturated carbocycles. The van der Waals surface area contributed by atoms with Gasteiger partial charge < -0.3 is 4.74 Å². The van der Waals surface area contributed by atoms with Crippen molar-refractivity contribution in [1.82, 2.24) is 9.80 Å². The quantitative estimate of drug-likeness (QED) is 0.719.